The average molecular weight is 329 g/mol. The van der Waals surface area contributed by atoms with Gasteiger partial charge in [0.1, 0.15) is 11.6 Å². The number of carbonyl (C=O) groups excluding carboxylic acids is 1. The predicted octanol–water partition coefficient (Wildman–Crippen LogP) is 3.35. The molecule has 0 aliphatic rings. The summed E-state index contributed by atoms with van der Waals surface area (Å²) < 4.78 is 5.21. The largest absolute Gasteiger partial charge is 0.382 e. The first-order valence-electron chi connectivity index (χ1n) is 8.22. The third-order valence-corrected chi connectivity index (χ3v) is 3.43. The first-order chi connectivity index (χ1) is 11.4. The molecule has 1 amide bonds. The van der Waals surface area contributed by atoms with E-state index in [-0.39, 0.29) is 16.9 Å². The normalized spacial score (nSPS) is 11.7. The van der Waals surface area contributed by atoms with E-state index in [0.29, 0.717) is 19.8 Å². The Labute approximate surface area is 144 Å². The molecule has 0 radical (unpaired) electrons. The first kappa shape index (κ1) is 19.7. The Morgan fingerprint density at radius 2 is 2.04 bits per heavy atom. The summed E-state index contributed by atoms with van der Waals surface area (Å²) in [7, 11) is 0. The van der Waals surface area contributed by atoms with Gasteiger partial charge in [0, 0.05) is 31.6 Å². The molecular weight excluding hydrogens is 302 g/mol. The summed E-state index contributed by atoms with van der Waals surface area (Å²) in [5.41, 5.74) is 2.03. The molecule has 1 aromatic rings. The number of hydrogen-bond donors (Lipinski definition) is 2. The highest BCUT2D eigenvalue weighted by atomic mass is 16.5. The minimum Gasteiger partial charge on any atom is -0.382 e. The fraction of sp³-hybridized carbons (Fsp3) is 0.474. The van der Waals surface area contributed by atoms with Crippen molar-refractivity contribution >= 4 is 11.6 Å². The summed E-state index contributed by atoms with van der Waals surface area (Å²) in [6.07, 6.45) is 2.18. The van der Waals surface area contributed by atoms with E-state index >= 15 is 0 Å². The Morgan fingerprint density at radius 3 is 2.67 bits per heavy atom. The van der Waals surface area contributed by atoms with Gasteiger partial charge in [-0.25, -0.2) is 0 Å². The highest BCUT2D eigenvalue weighted by Crippen LogP contribution is 2.29. The lowest BCUT2D eigenvalue weighted by Crippen LogP contribution is -2.26. The monoisotopic (exact) mass is 329 g/mol. The molecule has 0 aliphatic heterocycles. The molecule has 0 saturated carbocycles. The van der Waals surface area contributed by atoms with Gasteiger partial charge in [-0.2, -0.15) is 5.26 Å². The summed E-state index contributed by atoms with van der Waals surface area (Å²) in [4.78, 5) is 12.0. The van der Waals surface area contributed by atoms with Crippen molar-refractivity contribution in [2.45, 2.75) is 39.5 Å². The van der Waals surface area contributed by atoms with Crippen molar-refractivity contribution in [3.63, 3.8) is 0 Å². The zero-order valence-corrected chi connectivity index (χ0v) is 15.0. The van der Waals surface area contributed by atoms with Gasteiger partial charge in [-0.15, -0.1) is 0 Å². The Kier molecular flexibility index (Phi) is 8.00. The number of nitriles is 1. The second-order valence-corrected chi connectivity index (χ2v) is 6.42. The molecule has 0 heterocycles. The zero-order valence-electron chi connectivity index (χ0n) is 15.0. The maximum atomic E-state index is 12.0. The fourth-order valence-electron chi connectivity index (χ4n) is 2.18. The molecule has 0 fully saturated rings. The van der Waals surface area contributed by atoms with Crippen molar-refractivity contribution in [2.24, 2.45) is 0 Å². The summed E-state index contributed by atoms with van der Waals surface area (Å²) in [5.74, 6) is -0.380. The molecule has 0 aliphatic carbocycles. The van der Waals surface area contributed by atoms with Crippen LogP contribution in [0.3, 0.4) is 0 Å². The number of ether oxygens (including phenoxy) is 1. The standard InChI is InChI=1S/C19H27N3O2/c1-5-24-12-8-11-21-18(23)15(13-20)14-22-17-10-7-6-9-16(17)19(2,3)4/h6-7,9-10,14,22H,5,8,11-12H2,1-4H3,(H,21,23)/b15-14-. The lowest BCUT2D eigenvalue weighted by Gasteiger charge is -2.22. The number of amides is 1. The van der Waals surface area contributed by atoms with E-state index in [4.69, 9.17) is 4.74 Å². The van der Waals surface area contributed by atoms with E-state index < -0.39 is 0 Å². The zero-order chi connectivity index (χ0) is 18.0. The van der Waals surface area contributed by atoms with E-state index in [9.17, 15) is 10.1 Å². The second-order valence-electron chi connectivity index (χ2n) is 6.42. The number of carbonyl (C=O) groups is 1. The topological polar surface area (TPSA) is 74.1 Å². The molecule has 0 bridgehead atoms. The number of benzene rings is 1. The SMILES string of the molecule is CCOCCCNC(=O)/C(C#N)=C\Nc1ccccc1C(C)(C)C. The van der Waals surface area contributed by atoms with Crippen LogP contribution in [-0.2, 0) is 14.9 Å². The van der Waals surface area contributed by atoms with Crippen LogP contribution in [0.1, 0.15) is 39.7 Å². The van der Waals surface area contributed by atoms with Crippen LogP contribution in [0.25, 0.3) is 0 Å². The molecule has 0 unspecified atom stereocenters. The lowest BCUT2D eigenvalue weighted by atomic mass is 9.86. The van der Waals surface area contributed by atoms with Crippen LogP contribution in [-0.4, -0.2) is 25.7 Å². The van der Waals surface area contributed by atoms with Crippen molar-refractivity contribution in [1.29, 1.82) is 5.26 Å². The summed E-state index contributed by atoms with van der Waals surface area (Å²) in [6, 6.07) is 9.81. The molecule has 0 atom stereocenters. The number of nitrogens with zero attached hydrogens (tertiary/aromatic N) is 1. The highest BCUT2D eigenvalue weighted by Gasteiger charge is 2.17. The molecule has 0 spiro atoms. The van der Waals surface area contributed by atoms with Crippen molar-refractivity contribution in [1.82, 2.24) is 5.32 Å². The lowest BCUT2D eigenvalue weighted by molar-refractivity contribution is -0.117. The number of anilines is 1. The fourth-order valence-corrected chi connectivity index (χ4v) is 2.18. The van der Waals surface area contributed by atoms with Gasteiger partial charge in [-0.1, -0.05) is 39.0 Å². The van der Waals surface area contributed by atoms with Gasteiger partial charge in [0.15, 0.2) is 0 Å². The van der Waals surface area contributed by atoms with Gasteiger partial charge in [-0.05, 0) is 30.4 Å². The Balaban J connectivity index is 2.70. The number of hydrogen-bond acceptors (Lipinski definition) is 4. The smallest absolute Gasteiger partial charge is 0.263 e. The van der Waals surface area contributed by atoms with Gasteiger partial charge in [-0.3, -0.25) is 4.79 Å². The maximum Gasteiger partial charge on any atom is 0.263 e. The quantitative estimate of drug-likeness (QED) is 0.436. The molecule has 0 saturated heterocycles. The van der Waals surface area contributed by atoms with Gasteiger partial charge >= 0.3 is 0 Å². The molecule has 1 rings (SSSR count). The van der Waals surface area contributed by atoms with Crippen LogP contribution in [0.5, 0.6) is 0 Å². The van der Waals surface area contributed by atoms with Crippen LogP contribution in [0.15, 0.2) is 36.0 Å². The van der Waals surface area contributed by atoms with Crippen LogP contribution >= 0.6 is 0 Å². The van der Waals surface area contributed by atoms with Crippen LogP contribution in [0.2, 0.25) is 0 Å². The van der Waals surface area contributed by atoms with E-state index in [1.165, 1.54) is 6.20 Å². The maximum absolute atomic E-state index is 12.0. The minimum absolute atomic E-state index is 0.0359. The third-order valence-electron chi connectivity index (χ3n) is 3.43. The molecular formula is C19H27N3O2. The van der Waals surface area contributed by atoms with E-state index in [2.05, 4.69) is 31.4 Å². The molecule has 2 N–H and O–H groups in total. The molecule has 0 aromatic heterocycles. The van der Waals surface area contributed by atoms with Crippen molar-refractivity contribution in [2.75, 3.05) is 25.1 Å². The average Bonchev–Trinajstić information content (AvgIpc) is 2.54. The van der Waals surface area contributed by atoms with Crippen molar-refractivity contribution < 1.29 is 9.53 Å². The van der Waals surface area contributed by atoms with Gasteiger partial charge in [0.25, 0.3) is 5.91 Å². The van der Waals surface area contributed by atoms with E-state index in [1.54, 1.807) is 0 Å². The predicted molar refractivity (Wildman–Crippen MR) is 96.6 cm³/mol. The van der Waals surface area contributed by atoms with E-state index in [0.717, 1.165) is 17.7 Å². The summed E-state index contributed by atoms with van der Waals surface area (Å²) in [5, 5.41) is 15.0. The Morgan fingerprint density at radius 1 is 1.33 bits per heavy atom. The van der Waals surface area contributed by atoms with Crippen LogP contribution in [0.4, 0.5) is 5.69 Å². The van der Waals surface area contributed by atoms with Gasteiger partial charge < -0.3 is 15.4 Å². The van der Waals surface area contributed by atoms with Crippen LogP contribution < -0.4 is 10.6 Å². The second kappa shape index (κ2) is 9.74. The molecule has 5 heteroatoms. The highest BCUT2D eigenvalue weighted by molar-refractivity contribution is 5.97. The summed E-state index contributed by atoms with van der Waals surface area (Å²) >= 11 is 0. The van der Waals surface area contributed by atoms with Crippen molar-refractivity contribution in [3.8, 4) is 6.07 Å². The van der Waals surface area contributed by atoms with Crippen LogP contribution in [0, 0.1) is 11.3 Å². The molecule has 1 aromatic carbocycles. The number of rotatable bonds is 8. The Bertz CT molecular complexity index is 610. The van der Waals surface area contributed by atoms with E-state index in [1.807, 2.05) is 37.3 Å². The third kappa shape index (κ3) is 6.43. The van der Waals surface area contributed by atoms with Gasteiger partial charge in [0.05, 0.1) is 0 Å². The summed E-state index contributed by atoms with van der Waals surface area (Å²) in [6.45, 7) is 10.0. The number of nitrogens with one attached hydrogen (secondary N) is 2. The number of para-hydroxylation sites is 1. The molecule has 24 heavy (non-hydrogen) atoms. The van der Waals surface area contributed by atoms with Gasteiger partial charge in [0.2, 0.25) is 0 Å². The first-order valence-corrected chi connectivity index (χ1v) is 8.22. The minimum atomic E-state index is -0.380. The van der Waals surface area contributed by atoms with Crippen molar-refractivity contribution in [3.05, 3.63) is 41.6 Å². The molecule has 130 valence electrons. The Hall–Kier alpha value is -2.32. The molecule has 5 nitrogen and oxygen atoms in total.